The van der Waals surface area contributed by atoms with E-state index in [-0.39, 0.29) is 17.0 Å². The molecule has 174 valence electrons. The number of quaternary nitrogens is 1. The molecule has 5 heteroatoms. The van der Waals surface area contributed by atoms with E-state index in [4.69, 9.17) is 0 Å². The average molecular weight is 659 g/mol. The molecule has 1 nitrogen and oxygen atoms in total. The van der Waals surface area contributed by atoms with E-state index in [9.17, 15) is 0 Å². The van der Waals surface area contributed by atoms with Gasteiger partial charge >= 0.3 is 0 Å². The molecule has 0 rings (SSSR count). The summed E-state index contributed by atoms with van der Waals surface area (Å²) >= 11 is 10.4. The summed E-state index contributed by atoms with van der Waals surface area (Å²) in [5, 5.41) is 3.53. The van der Waals surface area contributed by atoms with Crippen molar-refractivity contribution in [1.82, 2.24) is 0 Å². The van der Waals surface area contributed by atoms with Gasteiger partial charge in [-0.3, -0.25) is 0 Å². The zero-order valence-corrected chi connectivity index (χ0v) is 25.4. The summed E-state index contributed by atoms with van der Waals surface area (Å²) < 4.78 is 1.12. The van der Waals surface area contributed by atoms with Crippen molar-refractivity contribution in [2.45, 2.75) is 103 Å². The molecule has 0 aliphatic carbocycles. The lowest BCUT2D eigenvalue weighted by atomic mass is 10.1. The Morgan fingerprint density at radius 2 is 0.607 bits per heavy atom. The number of hydrogen-bond donors (Lipinski definition) is 0. The van der Waals surface area contributed by atoms with Crippen molar-refractivity contribution in [3.05, 3.63) is 0 Å². The molecule has 0 aromatic heterocycles. The van der Waals surface area contributed by atoms with Crippen LogP contribution >= 0.6 is 47.8 Å². The summed E-state index contributed by atoms with van der Waals surface area (Å²) in [4.78, 5) is 0. The fraction of sp³-hybridized carbons (Fsp3) is 1.00. The molecule has 28 heavy (non-hydrogen) atoms. The van der Waals surface area contributed by atoms with Gasteiger partial charge in [0.2, 0.25) is 0 Å². The monoisotopic (exact) mass is 655 g/mol. The highest BCUT2D eigenvalue weighted by molar-refractivity contribution is 9.09. The molecule has 0 N–H and O–H groups in total. The molecule has 0 unspecified atom stereocenters. The second kappa shape index (κ2) is 28.9. The summed E-state index contributed by atoms with van der Waals surface area (Å²) in [5.74, 6) is 0. The van der Waals surface area contributed by atoms with Crippen molar-refractivity contribution >= 4 is 47.8 Å². The molecular formula is C23H49Br4N. The van der Waals surface area contributed by atoms with Gasteiger partial charge in [-0.05, 0) is 32.1 Å². The second-order valence-electron chi connectivity index (χ2n) is 8.74. The fourth-order valence-electron chi connectivity index (χ4n) is 2.99. The molecule has 0 bridgehead atoms. The molecule has 0 spiro atoms. The number of alkyl halides is 3. The normalized spacial score (nSPS) is 10.9. The molecule has 0 fully saturated rings. The van der Waals surface area contributed by atoms with Crippen molar-refractivity contribution in [1.29, 1.82) is 0 Å². The standard InChI is InChI=1S/C13H29BrN.C10H20Br2.BrH/c1-15(2,3)13-11-9-7-5-4-6-8-10-12-14;11-9-7-5-3-1-2-4-6-8-10-12;/h4-13H2,1-3H3;1-10H2;1H/q+1;;/p-1. The van der Waals surface area contributed by atoms with Gasteiger partial charge in [-0.25, -0.2) is 0 Å². The number of halogens is 4. The molecule has 0 aromatic carbocycles. The minimum absolute atomic E-state index is 0. The Labute approximate surface area is 214 Å². The van der Waals surface area contributed by atoms with Crippen molar-refractivity contribution in [2.24, 2.45) is 0 Å². The Balaban J connectivity index is -0.000000441. The smallest absolute Gasteiger partial charge is 0.0780 e. The first-order chi connectivity index (χ1) is 13.0. The van der Waals surface area contributed by atoms with Gasteiger partial charge in [0, 0.05) is 16.0 Å². The van der Waals surface area contributed by atoms with E-state index in [1.807, 2.05) is 0 Å². The molecule has 0 radical (unpaired) electrons. The van der Waals surface area contributed by atoms with Crippen molar-refractivity contribution in [3.63, 3.8) is 0 Å². The molecule has 0 aromatic rings. The van der Waals surface area contributed by atoms with E-state index in [2.05, 4.69) is 68.9 Å². The summed E-state index contributed by atoms with van der Waals surface area (Å²) in [6.45, 7) is 1.32. The lowest BCUT2D eigenvalue weighted by molar-refractivity contribution is -0.870. The summed E-state index contributed by atoms with van der Waals surface area (Å²) in [6.07, 6.45) is 22.6. The van der Waals surface area contributed by atoms with Gasteiger partial charge in [0.15, 0.2) is 0 Å². The van der Waals surface area contributed by atoms with Gasteiger partial charge < -0.3 is 21.5 Å². The van der Waals surface area contributed by atoms with E-state index in [1.165, 1.54) is 125 Å². The Hall–Kier alpha value is 1.88. The average Bonchev–Trinajstić information content (AvgIpc) is 2.62. The van der Waals surface area contributed by atoms with Gasteiger partial charge in [0.1, 0.15) is 0 Å². The first-order valence-corrected chi connectivity index (χ1v) is 14.8. The molecule has 0 atom stereocenters. The maximum atomic E-state index is 3.47. The Morgan fingerprint density at radius 1 is 0.393 bits per heavy atom. The van der Waals surface area contributed by atoms with Crippen LogP contribution in [0.1, 0.15) is 103 Å². The highest BCUT2D eigenvalue weighted by Crippen LogP contribution is 2.10. The zero-order valence-electron chi connectivity index (χ0n) is 19.1. The van der Waals surface area contributed by atoms with Crippen molar-refractivity contribution < 1.29 is 21.5 Å². The van der Waals surface area contributed by atoms with Crippen LogP contribution in [-0.2, 0) is 0 Å². The summed E-state index contributed by atoms with van der Waals surface area (Å²) in [7, 11) is 6.83. The van der Waals surface area contributed by atoms with Crippen LogP contribution in [0.3, 0.4) is 0 Å². The molecule has 0 amide bonds. The van der Waals surface area contributed by atoms with Gasteiger partial charge in [0.25, 0.3) is 0 Å². The van der Waals surface area contributed by atoms with Crippen LogP contribution in [0.5, 0.6) is 0 Å². The Morgan fingerprint density at radius 3 is 0.821 bits per heavy atom. The quantitative estimate of drug-likeness (QED) is 0.0893. The molecule has 0 heterocycles. The van der Waals surface area contributed by atoms with Crippen LogP contribution in [-0.4, -0.2) is 48.2 Å². The predicted molar refractivity (Wildman–Crippen MR) is 138 cm³/mol. The maximum Gasteiger partial charge on any atom is 0.0780 e. The Kier molecular flexibility index (Phi) is 35.6. The fourth-order valence-corrected chi connectivity index (χ4v) is 4.18. The summed E-state index contributed by atoms with van der Waals surface area (Å²) in [6, 6.07) is 0. The number of rotatable bonds is 19. The third-order valence-electron chi connectivity index (χ3n) is 4.73. The van der Waals surface area contributed by atoms with E-state index in [0.717, 1.165) is 4.48 Å². The number of hydrogen-bond acceptors (Lipinski definition) is 0. The molecular weight excluding hydrogens is 610 g/mol. The third kappa shape index (κ3) is 38.5. The van der Waals surface area contributed by atoms with Crippen LogP contribution in [0.25, 0.3) is 0 Å². The van der Waals surface area contributed by atoms with E-state index in [0.29, 0.717) is 0 Å². The number of nitrogens with zero attached hydrogens (tertiary/aromatic N) is 1. The van der Waals surface area contributed by atoms with Crippen molar-refractivity contribution in [3.8, 4) is 0 Å². The SMILES string of the molecule is BrCCCCCCCCCCBr.C[N+](C)(C)CCCCCCCCCCBr.[Br-]. The maximum absolute atomic E-state index is 3.47. The lowest BCUT2D eigenvalue weighted by Crippen LogP contribution is -3.00. The second-order valence-corrected chi connectivity index (χ2v) is 11.1. The van der Waals surface area contributed by atoms with Crippen molar-refractivity contribution in [2.75, 3.05) is 43.7 Å². The minimum Gasteiger partial charge on any atom is -1.00 e. The molecule has 0 aliphatic heterocycles. The van der Waals surface area contributed by atoms with Gasteiger partial charge in [-0.2, -0.15) is 0 Å². The van der Waals surface area contributed by atoms with Crippen LogP contribution in [0.4, 0.5) is 0 Å². The highest BCUT2D eigenvalue weighted by Gasteiger charge is 2.04. The first kappa shape index (κ1) is 34.5. The molecule has 0 saturated heterocycles. The largest absolute Gasteiger partial charge is 1.00 e. The zero-order chi connectivity index (χ0) is 20.6. The van der Waals surface area contributed by atoms with E-state index < -0.39 is 0 Å². The third-order valence-corrected chi connectivity index (χ3v) is 6.41. The van der Waals surface area contributed by atoms with Gasteiger partial charge in [0.05, 0.1) is 27.7 Å². The minimum atomic E-state index is 0. The highest BCUT2D eigenvalue weighted by atomic mass is 79.9. The molecule has 0 saturated carbocycles. The van der Waals surface area contributed by atoms with Crippen LogP contribution in [0.2, 0.25) is 0 Å². The predicted octanol–water partition coefficient (Wildman–Crippen LogP) is 6.11. The van der Waals surface area contributed by atoms with Crippen LogP contribution < -0.4 is 17.0 Å². The van der Waals surface area contributed by atoms with E-state index in [1.54, 1.807) is 0 Å². The van der Waals surface area contributed by atoms with Crippen LogP contribution in [0.15, 0.2) is 0 Å². The lowest BCUT2D eigenvalue weighted by Gasteiger charge is -2.23. The van der Waals surface area contributed by atoms with Gasteiger partial charge in [-0.15, -0.1) is 0 Å². The topological polar surface area (TPSA) is 0 Å². The van der Waals surface area contributed by atoms with Crippen LogP contribution in [0, 0.1) is 0 Å². The van der Waals surface area contributed by atoms with E-state index >= 15 is 0 Å². The number of unbranched alkanes of at least 4 members (excludes halogenated alkanes) is 14. The van der Waals surface area contributed by atoms with Gasteiger partial charge in [-0.1, -0.05) is 118 Å². The summed E-state index contributed by atoms with van der Waals surface area (Å²) in [5.41, 5.74) is 0. The Bertz CT molecular complexity index is 247. The first-order valence-electron chi connectivity index (χ1n) is 11.5. The molecule has 0 aliphatic rings.